The van der Waals surface area contributed by atoms with Gasteiger partial charge in [-0.25, -0.2) is 4.98 Å². The standard InChI is InChI=1S/C20H20N2O/c1-22-19-13-12-17(10-6-14-23)15-18(19)21-20(22)11-5-9-16-7-3-2-4-8-16/h2-4,6-8,10,12-15H,5,9,11H2,1H3/b10-6+. The van der Waals surface area contributed by atoms with Gasteiger partial charge in [0.15, 0.2) is 0 Å². The molecule has 0 spiro atoms. The highest BCUT2D eigenvalue weighted by atomic mass is 16.1. The van der Waals surface area contributed by atoms with Crippen molar-refractivity contribution in [3.05, 3.63) is 71.6 Å². The van der Waals surface area contributed by atoms with Crippen LogP contribution in [0.1, 0.15) is 23.4 Å². The molecule has 0 atom stereocenters. The molecule has 23 heavy (non-hydrogen) atoms. The molecule has 0 fully saturated rings. The molecule has 0 saturated heterocycles. The largest absolute Gasteiger partial charge is 0.331 e. The van der Waals surface area contributed by atoms with Gasteiger partial charge in [0.05, 0.1) is 11.0 Å². The third kappa shape index (κ3) is 3.57. The summed E-state index contributed by atoms with van der Waals surface area (Å²) in [6.45, 7) is 0. The molecule has 0 radical (unpaired) electrons. The molecule has 0 unspecified atom stereocenters. The Balaban J connectivity index is 1.74. The maximum absolute atomic E-state index is 10.4. The van der Waals surface area contributed by atoms with Gasteiger partial charge in [0.1, 0.15) is 12.1 Å². The Morgan fingerprint density at radius 1 is 1.09 bits per heavy atom. The van der Waals surface area contributed by atoms with Gasteiger partial charge in [-0.3, -0.25) is 4.79 Å². The van der Waals surface area contributed by atoms with E-state index < -0.39 is 0 Å². The molecular weight excluding hydrogens is 284 g/mol. The lowest BCUT2D eigenvalue weighted by molar-refractivity contribution is -0.104. The van der Waals surface area contributed by atoms with E-state index in [0.29, 0.717) is 0 Å². The van der Waals surface area contributed by atoms with Crippen LogP contribution in [0.5, 0.6) is 0 Å². The number of hydrogen-bond acceptors (Lipinski definition) is 2. The van der Waals surface area contributed by atoms with Crippen molar-refractivity contribution in [2.24, 2.45) is 7.05 Å². The lowest BCUT2D eigenvalue weighted by atomic mass is 10.1. The number of carbonyl (C=O) groups excluding carboxylic acids is 1. The maximum atomic E-state index is 10.4. The number of aldehydes is 1. The Labute approximate surface area is 136 Å². The minimum Gasteiger partial charge on any atom is -0.331 e. The molecule has 0 saturated carbocycles. The molecule has 1 aromatic heterocycles. The second-order valence-electron chi connectivity index (χ2n) is 5.67. The van der Waals surface area contributed by atoms with E-state index in [0.717, 1.165) is 48.0 Å². The Kier molecular flexibility index (Phi) is 4.67. The summed E-state index contributed by atoms with van der Waals surface area (Å²) < 4.78 is 2.16. The van der Waals surface area contributed by atoms with Gasteiger partial charge in [-0.2, -0.15) is 0 Å². The van der Waals surface area contributed by atoms with Crippen LogP contribution in [0.3, 0.4) is 0 Å². The van der Waals surface area contributed by atoms with Gasteiger partial charge >= 0.3 is 0 Å². The monoisotopic (exact) mass is 304 g/mol. The van der Waals surface area contributed by atoms with Gasteiger partial charge in [0.2, 0.25) is 0 Å². The molecule has 0 amide bonds. The van der Waals surface area contributed by atoms with Crippen molar-refractivity contribution in [1.82, 2.24) is 9.55 Å². The number of allylic oxidation sites excluding steroid dienone is 1. The number of benzene rings is 2. The zero-order chi connectivity index (χ0) is 16.1. The average Bonchev–Trinajstić information content (AvgIpc) is 2.89. The lowest BCUT2D eigenvalue weighted by Gasteiger charge is -2.03. The fraction of sp³-hybridized carbons (Fsp3) is 0.200. The van der Waals surface area contributed by atoms with Crippen molar-refractivity contribution >= 4 is 23.4 Å². The van der Waals surface area contributed by atoms with Gasteiger partial charge in [0.25, 0.3) is 0 Å². The second kappa shape index (κ2) is 7.05. The summed E-state index contributed by atoms with van der Waals surface area (Å²) in [5.74, 6) is 1.10. The van der Waals surface area contributed by atoms with E-state index in [1.54, 1.807) is 6.08 Å². The Morgan fingerprint density at radius 3 is 2.70 bits per heavy atom. The Bertz CT molecular complexity index is 831. The van der Waals surface area contributed by atoms with Crippen molar-refractivity contribution in [2.75, 3.05) is 0 Å². The van der Waals surface area contributed by atoms with Crippen molar-refractivity contribution in [1.29, 1.82) is 0 Å². The summed E-state index contributed by atoms with van der Waals surface area (Å²) in [6.07, 6.45) is 7.20. The third-order valence-electron chi connectivity index (χ3n) is 4.07. The first-order valence-corrected chi connectivity index (χ1v) is 7.89. The lowest BCUT2D eigenvalue weighted by Crippen LogP contribution is -1.99. The summed E-state index contributed by atoms with van der Waals surface area (Å²) in [4.78, 5) is 15.2. The predicted molar refractivity (Wildman–Crippen MR) is 94.3 cm³/mol. The Morgan fingerprint density at radius 2 is 1.91 bits per heavy atom. The van der Waals surface area contributed by atoms with Gasteiger partial charge in [-0.15, -0.1) is 0 Å². The van der Waals surface area contributed by atoms with E-state index in [4.69, 9.17) is 4.98 Å². The van der Waals surface area contributed by atoms with Crippen LogP contribution in [0.2, 0.25) is 0 Å². The molecule has 2 aromatic carbocycles. The SMILES string of the molecule is Cn1c(CCCc2ccccc2)nc2cc(/C=C/C=O)ccc21. The van der Waals surface area contributed by atoms with Crippen LogP contribution in [-0.2, 0) is 24.7 Å². The topological polar surface area (TPSA) is 34.9 Å². The summed E-state index contributed by atoms with van der Waals surface area (Å²) >= 11 is 0. The quantitative estimate of drug-likeness (QED) is 0.510. The molecule has 3 nitrogen and oxygen atoms in total. The van der Waals surface area contributed by atoms with Crippen molar-refractivity contribution in [3.63, 3.8) is 0 Å². The molecule has 3 rings (SSSR count). The molecule has 3 aromatic rings. The van der Waals surface area contributed by atoms with Crippen molar-refractivity contribution < 1.29 is 4.79 Å². The minimum absolute atomic E-state index is 0.789. The number of fused-ring (bicyclic) bond motifs is 1. The van der Waals surface area contributed by atoms with Crippen LogP contribution >= 0.6 is 0 Å². The highest BCUT2D eigenvalue weighted by Crippen LogP contribution is 2.19. The summed E-state index contributed by atoms with van der Waals surface area (Å²) in [5.41, 5.74) is 4.48. The number of nitrogens with zero attached hydrogens (tertiary/aromatic N) is 2. The van der Waals surface area contributed by atoms with E-state index in [1.165, 1.54) is 11.6 Å². The number of aryl methyl sites for hydroxylation is 3. The smallest absolute Gasteiger partial charge is 0.142 e. The van der Waals surface area contributed by atoms with Crippen LogP contribution in [0.15, 0.2) is 54.6 Å². The van der Waals surface area contributed by atoms with Crippen LogP contribution in [0.4, 0.5) is 0 Å². The van der Waals surface area contributed by atoms with Gasteiger partial charge in [-0.05, 0) is 42.2 Å². The molecule has 3 heteroatoms. The molecule has 116 valence electrons. The number of carbonyl (C=O) groups is 1. The zero-order valence-corrected chi connectivity index (χ0v) is 13.3. The summed E-state index contributed by atoms with van der Waals surface area (Å²) in [6, 6.07) is 16.6. The first-order valence-electron chi connectivity index (χ1n) is 7.89. The maximum Gasteiger partial charge on any atom is 0.142 e. The average molecular weight is 304 g/mol. The van der Waals surface area contributed by atoms with E-state index in [9.17, 15) is 4.79 Å². The minimum atomic E-state index is 0.789. The van der Waals surface area contributed by atoms with Crippen LogP contribution in [0, 0.1) is 0 Å². The first kappa shape index (κ1) is 15.2. The molecule has 0 aliphatic rings. The number of aromatic nitrogens is 2. The highest BCUT2D eigenvalue weighted by molar-refractivity contribution is 5.81. The normalized spacial score (nSPS) is 11.3. The molecule has 0 aliphatic heterocycles. The molecule has 0 aliphatic carbocycles. The van der Waals surface area contributed by atoms with E-state index >= 15 is 0 Å². The highest BCUT2D eigenvalue weighted by Gasteiger charge is 2.07. The van der Waals surface area contributed by atoms with E-state index in [-0.39, 0.29) is 0 Å². The van der Waals surface area contributed by atoms with Gasteiger partial charge in [0, 0.05) is 13.5 Å². The molecule has 0 N–H and O–H groups in total. The van der Waals surface area contributed by atoms with E-state index in [2.05, 4.69) is 41.9 Å². The van der Waals surface area contributed by atoms with Crippen LogP contribution in [0.25, 0.3) is 17.1 Å². The number of hydrogen-bond donors (Lipinski definition) is 0. The fourth-order valence-electron chi connectivity index (χ4n) is 2.84. The number of rotatable bonds is 6. The fourth-order valence-corrected chi connectivity index (χ4v) is 2.84. The van der Waals surface area contributed by atoms with E-state index in [1.807, 2.05) is 18.2 Å². The first-order chi connectivity index (χ1) is 11.3. The molecular formula is C20H20N2O. The summed E-state index contributed by atoms with van der Waals surface area (Å²) in [5, 5.41) is 0. The Hall–Kier alpha value is -2.68. The second-order valence-corrected chi connectivity index (χ2v) is 5.67. The van der Waals surface area contributed by atoms with Gasteiger partial charge < -0.3 is 4.57 Å². The van der Waals surface area contributed by atoms with Crippen molar-refractivity contribution in [2.45, 2.75) is 19.3 Å². The number of imidazole rings is 1. The summed E-state index contributed by atoms with van der Waals surface area (Å²) in [7, 11) is 2.06. The third-order valence-corrected chi connectivity index (χ3v) is 4.07. The molecule has 0 bridgehead atoms. The van der Waals surface area contributed by atoms with Gasteiger partial charge in [-0.1, -0.05) is 42.5 Å². The van der Waals surface area contributed by atoms with Crippen LogP contribution < -0.4 is 0 Å². The predicted octanol–water partition coefficient (Wildman–Crippen LogP) is 3.96. The van der Waals surface area contributed by atoms with Crippen molar-refractivity contribution in [3.8, 4) is 0 Å². The molecule has 1 heterocycles. The van der Waals surface area contributed by atoms with Crippen LogP contribution in [-0.4, -0.2) is 15.8 Å². The zero-order valence-electron chi connectivity index (χ0n) is 13.3.